The lowest BCUT2D eigenvalue weighted by Gasteiger charge is -2.37. The van der Waals surface area contributed by atoms with Crippen LogP contribution in [0.3, 0.4) is 0 Å². The smallest absolute Gasteiger partial charge is 0.229 e. The molecule has 2 amide bonds. The zero-order valence-corrected chi connectivity index (χ0v) is 32.9. The number of nitrogens with one attached hydrogen (secondary N) is 2. The second-order valence-electron chi connectivity index (χ2n) is 16.0. The monoisotopic (exact) mass is 680 g/mol. The Hall–Kier alpha value is -3.72. The molecule has 2 aromatic carbocycles. The summed E-state index contributed by atoms with van der Waals surface area (Å²) in [6.07, 6.45) is 8.51. The van der Waals surface area contributed by atoms with Crippen LogP contribution in [0.25, 0.3) is 22.2 Å². The quantitative estimate of drug-likeness (QED) is 0.162. The zero-order chi connectivity index (χ0) is 35.1. The molecule has 4 atom stereocenters. The number of H-pyrrole nitrogens is 2. The minimum atomic E-state index is -0.345. The number of benzene rings is 2. The standard InChI is InChI=1S/C40H56N6O2Si/c1-8-39(6,25(2)3)37(47)45-21-9-11-33(45)35-41-24-30(42-35)19-15-27-13-16-28(17-14-27)29-18-20-31-32(23-29)44-36(43-31)34-12-10-22-46(34)38(48)40(7,49)26(4)5/h13-14,16-18,20,23-26,33-34H,8-12,15,19,21-22H2,1-7,49H3,(H,41,42)(H,43,44). The van der Waals surface area contributed by atoms with Gasteiger partial charge in [-0.2, -0.15) is 0 Å². The van der Waals surface area contributed by atoms with E-state index >= 15 is 0 Å². The van der Waals surface area contributed by atoms with Gasteiger partial charge in [-0.1, -0.05) is 78.8 Å². The second-order valence-corrected chi connectivity index (χ2v) is 18.0. The van der Waals surface area contributed by atoms with Crippen molar-refractivity contribution in [2.24, 2.45) is 17.3 Å². The summed E-state index contributed by atoms with van der Waals surface area (Å²) in [6, 6.07) is 15.3. The van der Waals surface area contributed by atoms with Gasteiger partial charge in [0.25, 0.3) is 0 Å². The van der Waals surface area contributed by atoms with Crippen molar-refractivity contribution in [2.45, 2.75) is 111 Å². The van der Waals surface area contributed by atoms with Crippen molar-refractivity contribution in [3.63, 3.8) is 0 Å². The molecule has 4 aromatic rings. The number of amides is 2. The average molecular weight is 681 g/mol. The Kier molecular flexibility index (Phi) is 9.95. The number of aryl methyl sites for hydroxylation is 2. The molecule has 0 radical (unpaired) electrons. The first-order chi connectivity index (χ1) is 23.3. The summed E-state index contributed by atoms with van der Waals surface area (Å²) in [5.74, 6) is 2.98. The summed E-state index contributed by atoms with van der Waals surface area (Å²) in [5.41, 5.74) is 6.30. The molecule has 0 spiro atoms. The van der Waals surface area contributed by atoms with E-state index in [0.717, 1.165) is 102 Å². The predicted octanol–water partition coefficient (Wildman–Crippen LogP) is 7.34. The number of rotatable bonds is 11. The number of hydrogen-bond acceptors (Lipinski definition) is 4. The maximum atomic E-state index is 13.6. The number of carbonyl (C=O) groups excluding carboxylic acids is 2. The fourth-order valence-electron chi connectivity index (χ4n) is 7.52. The van der Waals surface area contributed by atoms with Crippen LogP contribution in [-0.4, -0.2) is 64.9 Å². The first-order valence-electron chi connectivity index (χ1n) is 18.6. The Morgan fingerprint density at radius 1 is 0.857 bits per heavy atom. The van der Waals surface area contributed by atoms with Crippen LogP contribution in [0, 0.1) is 17.3 Å². The molecule has 4 unspecified atom stereocenters. The minimum Gasteiger partial charge on any atom is -0.344 e. The Balaban J connectivity index is 1.10. The van der Waals surface area contributed by atoms with E-state index in [4.69, 9.17) is 9.97 Å². The molecule has 8 nitrogen and oxygen atoms in total. The van der Waals surface area contributed by atoms with Gasteiger partial charge in [0.2, 0.25) is 11.8 Å². The van der Waals surface area contributed by atoms with Crippen molar-refractivity contribution in [3.8, 4) is 11.1 Å². The molecule has 2 aliphatic rings. The number of fused-ring (bicyclic) bond motifs is 1. The fourth-order valence-corrected chi connectivity index (χ4v) is 7.81. The van der Waals surface area contributed by atoms with Crippen molar-refractivity contribution in [3.05, 3.63) is 71.6 Å². The van der Waals surface area contributed by atoms with E-state index in [2.05, 4.69) is 111 Å². The van der Waals surface area contributed by atoms with Gasteiger partial charge in [0.05, 0.1) is 23.1 Å². The van der Waals surface area contributed by atoms with Crippen LogP contribution in [0.15, 0.2) is 48.7 Å². The molecule has 2 fully saturated rings. The zero-order valence-electron chi connectivity index (χ0n) is 30.9. The molecular weight excluding hydrogens is 625 g/mol. The van der Waals surface area contributed by atoms with Gasteiger partial charge in [0, 0.05) is 45.7 Å². The summed E-state index contributed by atoms with van der Waals surface area (Å²) in [7, 11) is 0.835. The summed E-state index contributed by atoms with van der Waals surface area (Å²) in [4.78, 5) is 48.2. The highest BCUT2D eigenvalue weighted by atomic mass is 28.1. The number of likely N-dealkylation sites (tertiary alicyclic amines) is 2. The highest BCUT2D eigenvalue weighted by Crippen LogP contribution is 2.41. The van der Waals surface area contributed by atoms with Gasteiger partial charge in [0.15, 0.2) is 0 Å². The number of carbonyl (C=O) groups is 2. The van der Waals surface area contributed by atoms with Crippen LogP contribution in [0.2, 0.25) is 5.04 Å². The second kappa shape index (κ2) is 13.9. The maximum Gasteiger partial charge on any atom is 0.229 e. The van der Waals surface area contributed by atoms with E-state index < -0.39 is 0 Å². The van der Waals surface area contributed by atoms with Crippen LogP contribution in [-0.2, 0) is 22.4 Å². The van der Waals surface area contributed by atoms with Gasteiger partial charge in [-0.15, -0.1) is 0 Å². The molecular formula is C40H56N6O2Si. The summed E-state index contributed by atoms with van der Waals surface area (Å²) in [5, 5.41) is -0.265. The van der Waals surface area contributed by atoms with Crippen molar-refractivity contribution in [2.75, 3.05) is 13.1 Å². The van der Waals surface area contributed by atoms with Crippen molar-refractivity contribution in [1.82, 2.24) is 29.7 Å². The van der Waals surface area contributed by atoms with E-state index in [1.54, 1.807) is 0 Å². The molecule has 6 rings (SSSR count). The van der Waals surface area contributed by atoms with E-state index in [9.17, 15) is 9.59 Å². The van der Waals surface area contributed by atoms with E-state index in [-0.39, 0.29) is 34.4 Å². The predicted molar refractivity (Wildman–Crippen MR) is 201 cm³/mol. The molecule has 2 N–H and O–H groups in total. The molecule has 2 saturated heterocycles. The van der Waals surface area contributed by atoms with Gasteiger partial charge in [-0.05, 0) is 85.6 Å². The van der Waals surface area contributed by atoms with Gasteiger partial charge >= 0.3 is 0 Å². The lowest BCUT2D eigenvalue weighted by atomic mass is 9.75. The van der Waals surface area contributed by atoms with Crippen LogP contribution in [0.5, 0.6) is 0 Å². The summed E-state index contributed by atoms with van der Waals surface area (Å²) >= 11 is 0. The number of aromatic amines is 2. The number of hydrogen-bond donors (Lipinski definition) is 2. The molecule has 262 valence electrons. The Bertz CT molecular complexity index is 1790. The molecule has 9 heteroatoms. The Labute approximate surface area is 295 Å². The molecule has 2 aliphatic heterocycles. The average Bonchev–Trinajstić information content (AvgIpc) is 3.92. The lowest BCUT2D eigenvalue weighted by molar-refractivity contribution is -0.145. The van der Waals surface area contributed by atoms with Crippen molar-refractivity contribution in [1.29, 1.82) is 0 Å². The summed E-state index contributed by atoms with van der Waals surface area (Å²) < 4.78 is 0. The summed E-state index contributed by atoms with van der Waals surface area (Å²) in [6.45, 7) is 16.6. The van der Waals surface area contributed by atoms with Gasteiger partial charge < -0.3 is 19.8 Å². The Morgan fingerprint density at radius 3 is 2.12 bits per heavy atom. The minimum absolute atomic E-state index is 0.0157. The number of nitrogens with zero attached hydrogens (tertiary/aromatic N) is 4. The molecule has 0 saturated carbocycles. The van der Waals surface area contributed by atoms with Crippen molar-refractivity contribution >= 4 is 33.1 Å². The van der Waals surface area contributed by atoms with Crippen molar-refractivity contribution < 1.29 is 9.59 Å². The number of imidazole rings is 2. The third kappa shape index (κ3) is 6.75. The van der Waals surface area contributed by atoms with E-state index in [0.29, 0.717) is 11.8 Å². The highest BCUT2D eigenvalue weighted by Gasteiger charge is 2.43. The maximum absolute atomic E-state index is 13.6. The van der Waals surface area contributed by atoms with Gasteiger partial charge in [-0.25, -0.2) is 9.97 Å². The van der Waals surface area contributed by atoms with Crippen LogP contribution in [0.4, 0.5) is 0 Å². The topological polar surface area (TPSA) is 98.0 Å². The largest absolute Gasteiger partial charge is 0.344 e. The van der Waals surface area contributed by atoms with Crippen LogP contribution < -0.4 is 0 Å². The van der Waals surface area contributed by atoms with Gasteiger partial charge in [0.1, 0.15) is 11.6 Å². The molecule has 0 aliphatic carbocycles. The van der Waals surface area contributed by atoms with Gasteiger partial charge in [-0.3, -0.25) is 9.59 Å². The highest BCUT2D eigenvalue weighted by molar-refractivity contribution is 6.28. The first-order valence-corrected chi connectivity index (χ1v) is 19.6. The molecule has 4 heterocycles. The number of aromatic nitrogens is 4. The van der Waals surface area contributed by atoms with E-state index in [1.165, 1.54) is 11.1 Å². The first kappa shape index (κ1) is 35.1. The third-order valence-corrected chi connectivity index (χ3v) is 13.9. The Morgan fingerprint density at radius 2 is 1.49 bits per heavy atom. The SMILES string of the molecule is CCC(C)(C(=O)N1CCCC1c1ncc(CCc2ccc(-c3ccc4nc(C5CCCN5C(=O)C(C)([SiH3])C(C)C)[nH]c4c3)cc2)[nH]1)C(C)C. The van der Waals surface area contributed by atoms with E-state index in [1.807, 2.05) is 6.20 Å². The van der Waals surface area contributed by atoms with Crippen LogP contribution in [0.1, 0.15) is 116 Å². The normalized spacial score (nSPS) is 20.8. The lowest BCUT2D eigenvalue weighted by Crippen LogP contribution is -2.44. The third-order valence-electron chi connectivity index (χ3n) is 12.3. The van der Waals surface area contributed by atoms with Crippen LogP contribution >= 0.6 is 0 Å². The molecule has 2 aromatic heterocycles. The molecule has 0 bridgehead atoms. The fraction of sp³-hybridized carbons (Fsp3) is 0.550. The molecule has 49 heavy (non-hydrogen) atoms.